The Bertz CT molecular complexity index is 573. The van der Waals surface area contributed by atoms with Crippen LogP contribution in [0.5, 0.6) is 0 Å². The Morgan fingerprint density at radius 1 is 1.53 bits per heavy atom. The van der Waals surface area contributed by atoms with Crippen molar-refractivity contribution in [1.29, 1.82) is 0 Å². The molecule has 0 aliphatic rings. The molecule has 7 nitrogen and oxygen atoms in total. The Hall–Kier alpha value is -1.68. The number of nitrogens with zero attached hydrogens (tertiary/aromatic N) is 2. The first kappa shape index (κ1) is 13.4. The molecule has 0 atom stereocenters. The Morgan fingerprint density at radius 2 is 2.06 bits per heavy atom. The van der Waals surface area contributed by atoms with E-state index in [1.54, 1.807) is 0 Å². The molecule has 0 radical (unpaired) electrons. The molecule has 0 saturated carbocycles. The molecule has 0 saturated heterocycles. The van der Waals surface area contributed by atoms with Gasteiger partial charge in [-0.3, -0.25) is 0 Å². The molecular weight excluding hydrogens is 260 g/mol. The summed E-state index contributed by atoms with van der Waals surface area (Å²) >= 11 is 0. The van der Waals surface area contributed by atoms with Crippen LogP contribution in [0.4, 0.5) is 14.6 Å². The number of nitro groups is 1. The van der Waals surface area contributed by atoms with Crippen molar-refractivity contribution in [3.8, 4) is 0 Å². The molecule has 1 aromatic rings. The van der Waals surface area contributed by atoms with E-state index in [0.29, 0.717) is 0 Å². The fraction of sp³-hybridized carbons (Fsp3) is 0.286. The van der Waals surface area contributed by atoms with Gasteiger partial charge in [0.2, 0.25) is 15.7 Å². The summed E-state index contributed by atoms with van der Waals surface area (Å²) in [6.07, 6.45) is -3.28. The lowest BCUT2D eigenvalue weighted by Gasteiger charge is -2.06. The first-order valence-electron chi connectivity index (χ1n) is 4.11. The molecule has 17 heavy (non-hydrogen) atoms. The number of sulfonamides is 1. The summed E-state index contributed by atoms with van der Waals surface area (Å²) in [4.78, 5) is 11.5. The second-order valence-corrected chi connectivity index (χ2v) is 4.61. The van der Waals surface area contributed by atoms with Gasteiger partial charge in [-0.25, -0.2) is 22.3 Å². The van der Waals surface area contributed by atoms with Crippen LogP contribution in [0.25, 0.3) is 0 Å². The lowest BCUT2D eigenvalue weighted by Crippen LogP contribution is -2.18. The summed E-state index contributed by atoms with van der Waals surface area (Å²) in [7, 11) is -4.42. The molecule has 0 aromatic carbocycles. The number of primary sulfonamides is 1. The number of halogens is 2. The number of nitrogens with two attached hydrogens (primary N) is 1. The van der Waals surface area contributed by atoms with E-state index in [4.69, 9.17) is 5.14 Å². The normalized spacial score (nSPS) is 11.8. The van der Waals surface area contributed by atoms with Gasteiger partial charge in [0.15, 0.2) is 0 Å². The van der Waals surface area contributed by atoms with E-state index >= 15 is 0 Å². The summed E-state index contributed by atoms with van der Waals surface area (Å²) < 4.78 is 47.3. The lowest BCUT2D eigenvalue weighted by molar-refractivity contribution is -0.389. The van der Waals surface area contributed by atoms with Crippen molar-refractivity contribution in [2.24, 2.45) is 5.14 Å². The first-order chi connectivity index (χ1) is 7.64. The van der Waals surface area contributed by atoms with Crippen LogP contribution in [-0.2, 0) is 10.0 Å². The monoisotopic (exact) mass is 267 g/mol. The fourth-order valence-corrected chi connectivity index (χ4v) is 2.21. The summed E-state index contributed by atoms with van der Waals surface area (Å²) in [6.45, 7) is 1.13. The van der Waals surface area contributed by atoms with Crippen LogP contribution < -0.4 is 5.14 Å². The second kappa shape index (κ2) is 4.30. The van der Waals surface area contributed by atoms with E-state index < -0.39 is 37.8 Å². The molecule has 1 heterocycles. The van der Waals surface area contributed by atoms with E-state index in [2.05, 4.69) is 4.98 Å². The number of pyridine rings is 1. The van der Waals surface area contributed by atoms with E-state index in [0.717, 1.165) is 13.0 Å². The van der Waals surface area contributed by atoms with Gasteiger partial charge < -0.3 is 10.1 Å². The third kappa shape index (κ3) is 2.71. The van der Waals surface area contributed by atoms with Crippen LogP contribution in [0.1, 0.15) is 17.7 Å². The average molecular weight is 267 g/mol. The lowest BCUT2D eigenvalue weighted by atomic mass is 10.2. The Morgan fingerprint density at radius 3 is 2.41 bits per heavy atom. The van der Waals surface area contributed by atoms with Crippen molar-refractivity contribution >= 4 is 15.8 Å². The van der Waals surface area contributed by atoms with Gasteiger partial charge in [0.1, 0.15) is 4.90 Å². The van der Waals surface area contributed by atoms with E-state index in [-0.39, 0.29) is 5.56 Å². The minimum Gasteiger partial charge on any atom is -0.358 e. The zero-order valence-corrected chi connectivity index (χ0v) is 9.24. The molecule has 0 unspecified atom stereocenters. The molecule has 1 aromatic heterocycles. The average Bonchev–Trinajstić information content (AvgIpc) is 2.13. The van der Waals surface area contributed by atoms with Gasteiger partial charge in [0, 0.05) is 6.07 Å². The number of hydrogen-bond acceptors (Lipinski definition) is 5. The topological polar surface area (TPSA) is 116 Å². The van der Waals surface area contributed by atoms with Gasteiger partial charge in [-0.05, 0) is 22.4 Å². The Labute approximate surface area is 94.5 Å². The summed E-state index contributed by atoms with van der Waals surface area (Å²) in [6, 6.07) is 0.769. The summed E-state index contributed by atoms with van der Waals surface area (Å²) in [5.74, 6) is -0.856. The molecule has 0 amide bonds. The van der Waals surface area contributed by atoms with Crippen LogP contribution >= 0.6 is 0 Å². The molecule has 2 N–H and O–H groups in total. The Kier molecular flexibility index (Phi) is 3.38. The quantitative estimate of drug-likeness (QED) is 0.644. The number of alkyl halides is 2. The molecule has 0 aliphatic heterocycles. The zero-order chi connectivity index (χ0) is 13.4. The number of aromatic nitrogens is 1. The maximum absolute atomic E-state index is 12.6. The minimum absolute atomic E-state index is 0.246. The van der Waals surface area contributed by atoms with Crippen molar-refractivity contribution in [1.82, 2.24) is 4.98 Å². The highest BCUT2D eigenvalue weighted by Crippen LogP contribution is 2.29. The van der Waals surface area contributed by atoms with Crippen molar-refractivity contribution in [2.75, 3.05) is 0 Å². The fourth-order valence-electron chi connectivity index (χ4n) is 1.28. The van der Waals surface area contributed by atoms with Gasteiger partial charge >= 0.3 is 12.2 Å². The maximum atomic E-state index is 12.6. The maximum Gasteiger partial charge on any atom is 0.364 e. The largest absolute Gasteiger partial charge is 0.364 e. The number of hydrogen-bond donors (Lipinski definition) is 1. The highest BCUT2D eigenvalue weighted by Gasteiger charge is 2.31. The van der Waals surface area contributed by atoms with E-state index in [1.165, 1.54) is 0 Å². The van der Waals surface area contributed by atoms with E-state index in [1.807, 2.05) is 0 Å². The third-order valence-electron chi connectivity index (χ3n) is 1.85. The van der Waals surface area contributed by atoms with Crippen LogP contribution in [0.15, 0.2) is 11.0 Å². The van der Waals surface area contributed by atoms with Crippen molar-refractivity contribution < 1.29 is 22.1 Å². The predicted molar refractivity (Wildman–Crippen MR) is 52.0 cm³/mol. The molecule has 0 aliphatic carbocycles. The van der Waals surface area contributed by atoms with Crippen LogP contribution in [0, 0.1) is 17.0 Å². The number of rotatable bonds is 3. The highest BCUT2D eigenvalue weighted by molar-refractivity contribution is 7.89. The molecular formula is C7H7F2N3O4S. The van der Waals surface area contributed by atoms with Gasteiger partial charge in [0.25, 0.3) is 0 Å². The standard InChI is InChI=1S/C7H7F2N3O4S/c1-3-2-4(12(13)14)11-5(7(8)9)6(3)17(10,15)16/h2,7H,1H3,(H2,10,15,16). The smallest absolute Gasteiger partial charge is 0.358 e. The minimum atomic E-state index is -4.42. The second-order valence-electron chi connectivity index (χ2n) is 3.11. The SMILES string of the molecule is Cc1cc([N+](=O)[O-])nc(C(F)F)c1S(N)(=O)=O. The first-order valence-corrected chi connectivity index (χ1v) is 5.66. The predicted octanol–water partition coefficient (Wildman–Crippen LogP) is 0.883. The van der Waals surface area contributed by atoms with Crippen molar-refractivity contribution in [3.63, 3.8) is 0 Å². The van der Waals surface area contributed by atoms with Gasteiger partial charge in [-0.2, -0.15) is 0 Å². The Balaban J connectivity index is 3.67. The molecule has 94 valence electrons. The molecule has 0 fully saturated rings. The third-order valence-corrected chi connectivity index (χ3v) is 2.95. The highest BCUT2D eigenvalue weighted by atomic mass is 32.2. The zero-order valence-electron chi connectivity index (χ0n) is 8.42. The van der Waals surface area contributed by atoms with Crippen LogP contribution in [0.2, 0.25) is 0 Å². The molecule has 0 spiro atoms. The van der Waals surface area contributed by atoms with Gasteiger partial charge in [-0.15, -0.1) is 0 Å². The summed E-state index contributed by atoms with van der Waals surface area (Å²) in [5, 5.41) is 15.2. The van der Waals surface area contributed by atoms with Gasteiger partial charge in [0.05, 0.1) is 0 Å². The van der Waals surface area contributed by atoms with Crippen molar-refractivity contribution in [2.45, 2.75) is 18.2 Å². The van der Waals surface area contributed by atoms with Crippen LogP contribution in [-0.4, -0.2) is 18.3 Å². The van der Waals surface area contributed by atoms with E-state index in [9.17, 15) is 27.3 Å². The van der Waals surface area contributed by atoms with Gasteiger partial charge in [-0.1, -0.05) is 0 Å². The van der Waals surface area contributed by atoms with Crippen molar-refractivity contribution in [3.05, 3.63) is 27.4 Å². The van der Waals surface area contributed by atoms with Crippen LogP contribution in [0.3, 0.4) is 0 Å². The summed E-state index contributed by atoms with van der Waals surface area (Å²) in [5.41, 5.74) is -1.45. The molecule has 1 rings (SSSR count). The number of aryl methyl sites for hydroxylation is 1. The molecule has 0 bridgehead atoms. The molecule has 10 heteroatoms.